The zero-order valence-corrected chi connectivity index (χ0v) is 18.2. The Balaban J connectivity index is 1.64. The summed E-state index contributed by atoms with van der Waals surface area (Å²) in [5.41, 5.74) is 1.75. The Kier molecular flexibility index (Phi) is 7.08. The van der Waals surface area contributed by atoms with Gasteiger partial charge in [0.2, 0.25) is 0 Å². The van der Waals surface area contributed by atoms with E-state index in [0.29, 0.717) is 5.56 Å². The van der Waals surface area contributed by atoms with Crippen LogP contribution in [0.15, 0.2) is 48.5 Å². The van der Waals surface area contributed by atoms with E-state index < -0.39 is 12.0 Å². The first-order valence-corrected chi connectivity index (χ1v) is 11.4. The number of aliphatic hydroxyl groups is 1. The van der Waals surface area contributed by atoms with Crippen molar-refractivity contribution in [3.8, 4) is 16.9 Å². The Morgan fingerprint density at radius 3 is 2.31 bits per heavy atom. The molecule has 2 N–H and O–H groups in total. The van der Waals surface area contributed by atoms with Gasteiger partial charge in [-0.25, -0.2) is 0 Å². The van der Waals surface area contributed by atoms with Gasteiger partial charge in [-0.1, -0.05) is 55.7 Å². The molecule has 1 heterocycles. The Hall–Kier alpha value is -2.09. The number of piperazine rings is 1. The lowest BCUT2D eigenvalue weighted by atomic mass is 9.72. The predicted octanol–water partition coefficient (Wildman–Crippen LogP) is 4.94. The van der Waals surface area contributed by atoms with Crippen molar-refractivity contribution in [2.75, 3.05) is 32.7 Å². The molecular formula is C25H31F3N2O2. The minimum Gasteiger partial charge on any atom is -0.406 e. The summed E-state index contributed by atoms with van der Waals surface area (Å²) < 4.78 is 42.1. The molecule has 4 nitrogen and oxygen atoms in total. The molecule has 1 unspecified atom stereocenters. The van der Waals surface area contributed by atoms with E-state index in [9.17, 15) is 18.3 Å². The summed E-state index contributed by atoms with van der Waals surface area (Å²) in [5.74, 6) is -0.279. The van der Waals surface area contributed by atoms with Gasteiger partial charge < -0.3 is 20.1 Å². The van der Waals surface area contributed by atoms with Crippen LogP contribution < -0.4 is 10.1 Å². The van der Waals surface area contributed by atoms with E-state index >= 15 is 0 Å². The molecule has 2 aromatic carbocycles. The maximum absolute atomic E-state index is 12.7. The summed E-state index contributed by atoms with van der Waals surface area (Å²) in [6.45, 7) is 4.55. The first-order chi connectivity index (χ1) is 15.3. The van der Waals surface area contributed by atoms with E-state index in [1.54, 1.807) is 12.1 Å². The van der Waals surface area contributed by atoms with Crippen LogP contribution in [0.3, 0.4) is 0 Å². The maximum Gasteiger partial charge on any atom is 0.573 e. The fourth-order valence-corrected chi connectivity index (χ4v) is 5.06. The fraction of sp³-hybridized carbons (Fsp3) is 0.520. The number of hydrogen-bond donors (Lipinski definition) is 2. The summed E-state index contributed by atoms with van der Waals surface area (Å²) in [6.07, 6.45) is 0.0236. The first-order valence-electron chi connectivity index (χ1n) is 11.4. The van der Waals surface area contributed by atoms with Gasteiger partial charge in [-0.15, -0.1) is 13.2 Å². The van der Waals surface area contributed by atoms with Gasteiger partial charge in [-0.05, 0) is 41.7 Å². The standard InChI is InChI=1S/C25H31F3N2O2/c26-25(27,28)32-22-9-5-7-20(17-22)19-6-4-8-21(16-19)23(18-30-14-12-29-13-15-30)24(31)10-2-1-3-11-24/h4-9,16-17,23,29,31H,1-3,10-15,18H2. The monoisotopic (exact) mass is 448 g/mol. The molecule has 1 saturated heterocycles. The zero-order valence-electron chi connectivity index (χ0n) is 18.2. The minimum atomic E-state index is -4.72. The lowest BCUT2D eigenvalue weighted by Crippen LogP contribution is -2.49. The topological polar surface area (TPSA) is 44.7 Å². The number of ether oxygens (including phenoxy) is 1. The largest absolute Gasteiger partial charge is 0.573 e. The van der Waals surface area contributed by atoms with Crippen molar-refractivity contribution in [3.63, 3.8) is 0 Å². The van der Waals surface area contributed by atoms with Crippen molar-refractivity contribution < 1.29 is 23.0 Å². The van der Waals surface area contributed by atoms with Crippen molar-refractivity contribution in [1.29, 1.82) is 0 Å². The summed E-state index contributed by atoms with van der Waals surface area (Å²) in [6, 6.07) is 13.9. The van der Waals surface area contributed by atoms with E-state index in [1.807, 2.05) is 24.3 Å². The van der Waals surface area contributed by atoms with Gasteiger partial charge in [-0.3, -0.25) is 0 Å². The smallest absolute Gasteiger partial charge is 0.406 e. The van der Waals surface area contributed by atoms with Crippen molar-refractivity contribution in [3.05, 3.63) is 54.1 Å². The van der Waals surface area contributed by atoms with E-state index in [0.717, 1.165) is 76.0 Å². The third-order valence-electron chi connectivity index (χ3n) is 6.71. The van der Waals surface area contributed by atoms with Crippen molar-refractivity contribution >= 4 is 0 Å². The Bertz CT molecular complexity index is 891. The molecule has 0 radical (unpaired) electrons. The van der Waals surface area contributed by atoms with Gasteiger partial charge in [0, 0.05) is 38.6 Å². The SMILES string of the molecule is OC1(C(CN2CCNCC2)c2cccc(-c3cccc(OC(F)(F)F)c3)c2)CCCCC1. The molecule has 2 aliphatic rings. The molecule has 1 saturated carbocycles. The molecule has 0 aromatic heterocycles. The number of alkyl halides is 3. The van der Waals surface area contributed by atoms with Gasteiger partial charge in [0.1, 0.15) is 5.75 Å². The van der Waals surface area contributed by atoms with E-state index in [2.05, 4.69) is 15.0 Å². The molecule has 4 rings (SSSR count). The minimum absolute atomic E-state index is 0.0459. The molecule has 174 valence electrons. The molecular weight excluding hydrogens is 417 g/mol. The molecule has 7 heteroatoms. The number of rotatable bonds is 6. The van der Waals surface area contributed by atoms with E-state index in [4.69, 9.17) is 0 Å². The van der Waals surface area contributed by atoms with Crippen LogP contribution in [-0.2, 0) is 0 Å². The van der Waals surface area contributed by atoms with Crippen LogP contribution >= 0.6 is 0 Å². The van der Waals surface area contributed by atoms with Crippen LogP contribution in [0.1, 0.15) is 43.6 Å². The first kappa shape index (κ1) is 23.1. The van der Waals surface area contributed by atoms with Crippen molar-refractivity contribution in [1.82, 2.24) is 10.2 Å². The van der Waals surface area contributed by atoms with Gasteiger partial charge in [0.05, 0.1) is 5.60 Å². The summed E-state index contributed by atoms with van der Waals surface area (Å²) in [7, 11) is 0. The van der Waals surface area contributed by atoms with Crippen LogP contribution in [0, 0.1) is 0 Å². The highest BCUT2D eigenvalue weighted by Gasteiger charge is 2.39. The van der Waals surface area contributed by atoms with Crippen molar-refractivity contribution in [2.45, 2.75) is 50.0 Å². The molecule has 1 atom stereocenters. The van der Waals surface area contributed by atoms with E-state index in [1.165, 1.54) is 12.1 Å². The van der Waals surface area contributed by atoms with Crippen LogP contribution in [0.25, 0.3) is 11.1 Å². The zero-order chi connectivity index (χ0) is 22.6. The maximum atomic E-state index is 12.7. The Morgan fingerprint density at radius 2 is 1.62 bits per heavy atom. The lowest BCUT2D eigenvalue weighted by molar-refractivity contribution is -0.274. The average molecular weight is 449 g/mol. The normalized spacial score (nSPS) is 20.6. The lowest BCUT2D eigenvalue weighted by Gasteiger charge is -2.42. The number of hydrogen-bond acceptors (Lipinski definition) is 4. The van der Waals surface area contributed by atoms with Crippen LogP contribution in [0.2, 0.25) is 0 Å². The van der Waals surface area contributed by atoms with Gasteiger partial charge in [0.25, 0.3) is 0 Å². The molecule has 1 aliphatic carbocycles. The summed E-state index contributed by atoms with van der Waals surface area (Å²) >= 11 is 0. The number of halogens is 3. The second-order valence-corrected chi connectivity index (χ2v) is 8.97. The second-order valence-electron chi connectivity index (χ2n) is 8.97. The summed E-state index contributed by atoms with van der Waals surface area (Å²) in [5, 5.41) is 15.0. The van der Waals surface area contributed by atoms with Crippen LogP contribution in [0.4, 0.5) is 13.2 Å². The van der Waals surface area contributed by atoms with Crippen LogP contribution in [0.5, 0.6) is 5.75 Å². The predicted molar refractivity (Wildman–Crippen MR) is 119 cm³/mol. The van der Waals surface area contributed by atoms with Crippen LogP contribution in [-0.4, -0.2) is 54.7 Å². The molecule has 2 fully saturated rings. The highest BCUT2D eigenvalue weighted by molar-refractivity contribution is 5.66. The number of nitrogens with one attached hydrogen (secondary N) is 1. The van der Waals surface area contributed by atoms with Crippen molar-refractivity contribution in [2.24, 2.45) is 0 Å². The molecule has 0 amide bonds. The van der Waals surface area contributed by atoms with Gasteiger partial charge >= 0.3 is 6.36 Å². The average Bonchev–Trinajstić information content (AvgIpc) is 2.78. The number of benzene rings is 2. The van der Waals surface area contributed by atoms with Gasteiger partial charge in [-0.2, -0.15) is 0 Å². The van der Waals surface area contributed by atoms with E-state index in [-0.39, 0.29) is 11.7 Å². The third-order valence-corrected chi connectivity index (χ3v) is 6.71. The molecule has 0 spiro atoms. The highest BCUT2D eigenvalue weighted by Crippen LogP contribution is 2.41. The molecule has 2 aromatic rings. The highest BCUT2D eigenvalue weighted by atomic mass is 19.4. The number of nitrogens with zero attached hydrogens (tertiary/aromatic N) is 1. The third kappa shape index (κ3) is 5.82. The van der Waals surface area contributed by atoms with Gasteiger partial charge in [0.15, 0.2) is 0 Å². The molecule has 32 heavy (non-hydrogen) atoms. The second kappa shape index (κ2) is 9.81. The molecule has 1 aliphatic heterocycles. The fourth-order valence-electron chi connectivity index (χ4n) is 5.06. The Labute approximate surface area is 187 Å². The quantitative estimate of drug-likeness (QED) is 0.657. The Morgan fingerprint density at radius 1 is 0.969 bits per heavy atom. The summed E-state index contributed by atoms with van der Waals surface area (Å²) in [4.78, 5) is 2.40. The molecule has 0 bridgehead atoms.